The number of halogens is 1. The number of aromatic nitrogens is 3. The minimum Gasteiger partial charge on any atom is -0.348 e. The lowest BCUT2D eigenvalue weighted by Crippen LogP contribution is -2.39. The maximum absolute atomic E-state index is 13.0. The van der Waals surface area contributed by atoms with Gasteiger partial charge in [-0.25, -0.2) is 4.98 Å². The van der Waals surface area contributed by atoms with Crippen molar-refractivity contribution in [2.24, 2.45) is 0 Å². The number of allylic oxidation sites excluding steroid dienone is 1. The fraction of sp³-hybridized carbons (Fsp3) is 0.250. The van der Waals surface area contributed by atoms with Gasteiger partial charge in [0.15, 0.2) is 0 Å². The monoisotopic (exact) mass is 382 g/mol. The van der Waals surface area contributed by atoms with Crippen molar-refractivity contribution in [2.75, 3.05) is 0 Å². The number of carbonyl (C=O) groups excluding carboxylic acids is 1. The number of nitrogens with one attached hydrogen (secondary N) is 1. The van der Waals surface area contributed by atoms with E-state index in [1.807, 2.05) is 12.1 Å². The van der Waals surface area contributed by atoms with E-state index in [2.05, 4.69) is 16.9 Å². The first kappa shape index (κ1) is 17.5. The summed E-state index contributed by atoms with van der Waals surface area (Å²) in [7, 11) is 0. The predicted molar refractivity (Wildman–Crippen MR) is 105 cm³/mol. The van der Waals surface area contributed by atoms with E-state index in [1.54, 1.807) is 39.6 Å². The van der Waals surface area contributed by atoms with Crippen LogP contribution in [0.1, 0.15) is 29.8 Å². The molecule has 2 heterocycles. The second-order valence-corrected chi connectivity index (χ2v) is 7.12. The number of hydrogen-bond acceptors (Lipinski definition) is 3. The van der Waals surface area contributed by atoms with E-state index in [1.165, 1.54) is 0 Å². The van der Waals surface area contributed by atoms with Crippen molar-refractivity contribution in [1.29, 1.82) is 0 Å². The Bertz CT molecular complexity index is 1100. The molecule has 0 unspecified atom stereocenters. The van der Waals surface area contributed by atoms with Crippen molar-refractivity contribution in [3.8, 4) is 11.3 Å². The second kappa shape index (κ2) is 7.04. The Morgan fingerprint density at radius 3 is 2.85 bits per heavy atom. The Labute approximate surface area is 161 Å². The molecule has 4 rings (SSSR count). The summed E-state index contributed by atoms with van der Waals surface area (Å²) >= 11 is 6.12. The zero-order valence-electron chi connectivity index (χ0n) is 14.7. The van der Waals surface area contributed by atoms with Crippen LogP contribution in [0, 0.1) is 0 Å². The van der Waals surface area contributed by atoms with E-state index in [0.29, 0.717) is 17.3 Å². The molecule has 0 bridgehead atoms. The van der Waals surface area contributed by atoms with Crippen LogP contribution in [0.3, 0.4) is 0 Å². The van der Waals surface area contributed by atoms with Gasteiger partial charge in [-0.05, 0) is 31.4 Å². The Balaban J connectivity index is 1.83. The van der Waals surface area contributed by atoms with E-state index < -0.39 is 0 Å². The highest BCUT2D eigenvalue weighted by Gasteiger charge is 2.22. The Hall–Kier alpha value is -2.86. The van der Waals surface area contributed by atoms with E-state index in [-0.39, 0.29) is 28.8 Å². The molecule has 0 spiro atoms. The number of imidazole rings is 1. The fourth-order valence-electron chi connectivity index (χ4n) is 3.19. The predicted octanol–water partition coefficient (Wildman–Crippen LogP) is 3.28. The summed E-state index contributed by atoms with van der Waals surface area (Å²) in [5.41, 5.74) is 1.65. The van der Waals surface area contributed by atoms with E-state index >= 15 is 0 Å². The molecule has 0 aliphatic heterocycles. The molecular weight excluding hydrogens is 364 g/mol. The molecule has 7 heteroatoms. The lowest BCUT2D eigenvalue weighted by Gasteiger charge is -2.25. The van der Waals surface area contributed by atoms with Crippen molar-refractivity contribution < 1.29 is 4.79 Å². The van der Waals surface area contributed by atoms with E-state index in [4.69, 9.17) is 11.6 Å². The van der Waals surface area contributed by atoms with Crippen LogP contribution >= 0.6 is 11.6 Å². The number of rotatable bonds is 5. The summed E-state index contributed by atoms with van der Waals surface area (Å²) in [6.45, 7) is 4.06. The maximum Gasteiger partial charge on any atom is 0.295 e. The molecule has 1 saturated carbocycles. The Morgan fingerprint density at radius 2 is 2.19 bits per heavy atom. The number of hydrogen-bond donors (Lipinski definition) is 1. The average Bonchev–Trinajstić information content (AvgIpc) is 3.05. The van der Waals surface area contributed by atoms with Gasteiger partial charge in [0.1, 0.15) is 5.69 Å². The average molecular weight is 383 g/mol. The van der Waals surface area contributed by atoms with Crippen molar-refractivity contribution >= 4 is 23.2 Å². The summed E-state index contributed by atoms with van der Waals surface area (Å²) in [6, 6.07) is 7.49. The van der Waals surface area contributed by atoms with Crippen LogP contribution in [0.25, 0.3) is 16.9 Å². The van der Waals surface area contributed by atoms with Crippen molar-refractivity contribution in [3.63, 3.8) is 0 Å². The molecule has 27 heavy (non-hydrogen) atoms. The molecule has 1 N–H and O–H groups in total. The van der Waals surface area contributed by atoms with Gasteiger partial charge < -0.3 is 5.32 Å². The quantitative estimate of drug-likeness (QED) is 0.688. The smallest absolute Gasteiger partial charge is 0.295 e. The molecule has 0 radical (unpaired) electrons. The lowest BCUT2D eigenvalue weighted by molar-refractivity contribution is 0.0912. The number of amides is 1. The van der Waals surface area contributed by atoms with Crippen LogP contribution < -0.4 is 10.9 Å². The molecule has 1 aliphatic rings. The van der Waals surface area contributed by atoms with Crippen LogP contribution in [0.4, 0.5) is 0 Å². The molecule has 1 amide bonds. The fourth-order valence-corrected chi connectivity index (χ4v) is 3.38. The zero-order chi connectivity index (χ0) is 19.0. The molecule has 138 valence electrons. The van der Waals surface area contributed by atoms with Crippen LogP contribution in [-0.4, -0.2) is 25.9 Å². The molecule has 0 atom stereocenters. The van der Waals surface area contributed by atoms with Gasteiger partial charge >= 0.3 is 0 Å². The maximum atomic E-state index is 13.0. The van der Waals surface area contributed by atoms with E-state index in [9.17, 15) is 9.59 Å². The molecule has 1 aliphatic carbocycles. The van der Waals surface area contributed by atoms with Gasteiger partial charge in [0, 0.05) is 35.6 Å². The zero-order valence-corrected chi connectivity index (χ0v) is 15.4. The Morgan fingerprint density at radius 1 is 1.37 bits per heavy atom. The van der Waals surface area contributed by atoms with Crippen molar-refractivity contribution in [3.05, 3.63) is 70.4 Å². The first-order valence-corrected chi connectivity index (χ1v) is 9.25. The summed E-state index contributed by atoms with van der Waals surface area (Å²) in [5.74, 6) is -0.248. The molecular formula is C20H19ClN4O2. The first-order valence-electron chi connectivity index (χ1n) is 8.87. The van der Waals surface area contributed by atoms with Crippen LogP contribution in [0.2, 0.25) is 5.02 Å². The highest BCUT2D eigenvalue weighted by atomic mass is 35.5. The van der Waals surface area contributed by atoms with E-state index in [0.717, 1.165) is 24.8 Å². The number of benzene rings is 1. The minimum absolute atomic E-state index is 0.210. The minimum atomic E-state index is -0.282. The van der Waals surface area contributed by atoms with Gasteiger partial charge in [0.2, 0.25) is 5.65 Å². The van der Waals surface area contributed by atoms with Gasteiger partial charge in [-0.3, -0.25) is 18.6 Å². The third kappa shape index (κ3) is 3.28. The molecule has 1 fully saturated rings. The number of nitrogens with zero attached hydrogens (tertiary/aromatic N) is 3. The normalized spacial score (nSPS) is 14.1. The van der Waals surface area contributed by atoms with Gasteiger partial charge in [-0.15, -0.1) is 6.58 Å². The topological polar surface area (TPSA) is 68.4 Å². The number of fused-ring (bicyclic) bond motifs is 1. The number of carbonyl (C=O) groups is 1. The largest absolute Gasteiger partial charge is 0.348 e. The van der Waals surface area contributed by atoms with Crippen molar-refractivity contribution in [1.82, 2.24) is 19.3 Å². The summed E-state index contributed by atoms with van der Waals surface area (Å²) < 4.78 is 3.18. The highest BCUT2D eigenvalue weighted by molar-refractivity contribution is 6.30. The third-order valence-corrected chi connectivity index (χ3v) is 5.06. The van der Waals surface area contributed by atoms with Gasteiger partial charge in [-0.2, -0.15) is 0 Å². The van der Waals surface area contributed by atoms with Crippen LogP contribution in [0.5, 0.6) is 0 Å². The molecule has 0 saturated heterocycles. The summed E-state index contributed by atoms with van der Waals surface area (Å²) in [5, 5.41) is 3.53. The van der Waals surface area contributed by atoms with Gasteiger partial charge in [0.25, 0.3) is 11.5 Å². The van der Waals surface area contributed by atoms with Gasteiger partial charge in [0.05, 0.1) is 5.69 Å². The van der Waals surface area contributed by atoms with Crippen LogP contribution in [-0.2, 0) is 6.54 Å². The highest BCUT2D eigenvalue weighted by Crippen LogP contribution is 2.23. The third-order valence-electron chi connectivity index (χ3n) is 4.83. The standard InChI is InChI=1S/C20H19ClN4O2/c1-2-9-25-17(13-5-3-6-14(21)10-13)12-24-11-16(23-18(24)20(25)27)19(26)22-15-7-4-8-15/h2-3,5-6,10-12,15H,1,4,7-9H2,(H,22,26). The summed E-state index contributed by atoms with van der Waals surface area (Å²) in [4.78, 5) is 29.7. The van der Waals surface area contributed by atoms with Gasteiger partial charge in [-0.1, -0.05) is 29.8 Å². The summed E-state index contributed by atoms with van der Waals surface area (Å²) in [6.07, 6.45) is 8.15. The first-order chi connectivity index (χ1) is 13.1. The second-order valence-electron chi connectivity index (χ2n) is 6.69. The lowest BCUT2D eigenvalue weighted by atomic mass is 9.93. The molecule has 3 aromatic rings. The van der Waals surface area contributed by atoms with Crippen molar-refractivity contribution in [2.45, 2.75) is 31.8 Å². The van der Waals surface area contributed by atoms with Crippen LogP contribution in [0.15, 0.2) is 54.1 Å². The SMILES string of the molecule is C=CCn1c(-c2cccc(Cl)c2)cn2cc(C(=O)NC3CCC3)nc2c1=O. The molecule has 6 nitrogen and oxygen atoms in total. The molecule has 2 aromatic heterocycles. The molecule has 1 aromatic carbocycles. The Kier molecular flexibility index (Phi) is 4.58.